The van der Waals surface area contributed by atoms with Crippen LogP contribution in [0.4, 0.5) is 4.39 Å². The molecule has 0 heterocycles. The van der Waals surface area contributed by atoms with Gasteiger partial charge in [-0.25, -0.2) is 4.39 Å². The van der Waals surface area contributed by atoms with E-state index in [2.05, 4.69) is 21.2 Å². The van der Waals surface area contributed by atoms with Crippen LogP contribution in [0.1, 0.15) is 36.0 Å². The van der Waals surface area contributed by atoms with E-state index >= 15 is 0 Å². The van der Waals surface area contributed by atoms with Crippen LogP contribution in [-0.4, -0.2) is 12.5 Å². The number of benzene rings is 1. The fourth-order valence-electron chi connectivity index (χ4n) is 2.75. The quantitative estimate of drug-likeness (QED) is 0.877. The molecular weight excluding hydrogens is 309 g/mol. The summed E-state index contributed by atoms with van der Waals surface area (Å²) in [5.41, 5.74) is 0.133. The molecule has 2 fully saturated rings. The molecule has 0 radical (unpaired) electrons. The van der Waals surface area contributed by atoms with Gasteiger partial charge in [-0.3, -0.25) is 4.79 Å². The Balaban J connectivity index is 1.61. The van der Waals surface area contributed by atoms with Crippen molar-refractivity contribution in [1.82, 2.24) is 5.32 Å². The minimum atomic E-state index is -0.471. The molecule has 2 aliphatic carbocycles. The molecule has 19 heavy (non-hydrogen) atoms. The van der Waals surface area contributed by atoms with Crippen LogP contribution in [0.5, 0.6) is 0 Å². The van der Waals surface area contributed by atoms with Crippen molar-refractivity contribution in [2.24, 2.45) is 17.8 Å². The summed E-state index contributed by atoms with van der Waals surface area (Å²) in [5, 5.41) is 2.91. The number of carbonyl (C=O) groups is 1. The molecule has 0 aliphatic heterocycles. The Hall–Kier alpha value is -0.900. The Morgan fingerprint density at radius 3 is 2.47 bits per heavy atom. The third kappa shape index (κ3) is 3.16. The standard InChI is InChI=1S/C15H17BrFNO/c16-11-5-6-12(14(17)7-11)15(19)18-8-13(9-1-2-9)10-3-4-10/h5-7,9-10,13H,1-4,8H2,(H,18,19). The zero-order valence-electron chi connectivity index (χ0n) is 10.7. The smallest absolute Gasteiger partial charge is 0.254 e. The predicted octanol–water partition coefficient (Wildman–Crippen LogP) is 3.75. The lowest BCUT2D eigenvalue weighted by Gasteiger charge is -2.16. The van der Waals surface area contributed by atoms with E-state index in [1.54, 1.807) is 6.07 Å². The number of hydrogen-bond donors (Lipinski definition) is 1. The van der Waals surface area contributed by atoms with Crippen molar-refractivity contribution in [3.63, 3.8) is 0 Å². The summed E-state index contributed by atoms with van der Waals surface area (Å²) in [7, 11) is 0. The molecule has 1 aromatic rings. The van der Waals surface area contributed by atoms with E-state index in [1.165, 1.54) is 37.8 Å². The van der Waals surface area contributed by atoms with Gasteiger partial charge in [-0.15, -0.1) is 0 Å². The summed E-state index contributed by atoms with van der Waals surface area (Å²) in [4.78, 5) is 12.0. The lowest BCUT2D eigenvalue weighted by Crippen LogP contribution is -2.31. The molecule has 0 spiro atoms. The maximum absolute atomic E-state index is 13.7. The third-order valence-corrected chi connectivity index (χ3v) is 4.62. The first kappa shape index (κ1) is 13.1. The first-order chi connectivity index (χ1) is 9.15. The average molecular weight is 326 g/mol. The second-order valence-corrected chi connectivity index (χ2v) is 6.59. The Morgan fingerprint density at radius 1 is 1.32 bits per heavy atom. The molecule has 0 aromatic heterocycles. The molecule has 2 nitrogen and oxygen atoms in total. The summed E-state index contributed by atoms with van der Waals surface area (Å²) in [6.45, 7) is 0.698. The fourth-order valence-corrected chi connectivity index (χ4v) is 3.08. The lowest BCUT2D eigenvalue weighted by atomic mass is 9.98. The van der Waals surface area contributed by atoms with E-state index in [9.17, 15) is 9.18 Å². The first-order valence-corrected chi connectivity index (χ1v) is 7.67. The van der Waals surface area contributed by atoms with Crippen LogP contribution in [0.25, 0.3) is 0 Å². The molecule has 1 aromatic carbocycles. The van der Waals surface area contributed by atoms with E-state index in [1.807, 2.05) is 0 Å². The molecule has 3 rings (SSSR count). The molecule has 1 amide bonds. The maximum Gasteiger partial charge on any atom is 0.254 e. The molecule has 2 saturated carbocycles. The van der Waals surface area contributed by atoms with Gasteiger partial charge in [0.05, 0.1) is 5.56 Å². The normalized spacial score (nSPS) is 18.7. The highest BCUT2D eigenvalue weighted by molar-refractivity contribution is 9.10. The van der Waals surface area contributed by atoms with Crippen molar-refractivity contribution in [2.75, 3.05) is 6.54 Å². The number of carbonyl (C=O) groups excluding carboxylic acids is 1. The van der Waals surface area contributed by atoms with Gasteiger partial charge in [0.2, 0.25) is 0 Å². The van der Waals surface area contributed by atoms with Gasteiger partial charge in [0, 0.05) is 11.0 Å². The number of nitrogens with one attached hydrogen (secondary N) is 1. The first-order valence-electron chi connectivity index (χ1n) is 6.88. The summed E-state index contributed by atoms with van der Waals surface area (Å²) >= 11 is 3.19. The van der Waals surface area contributed by atoms with E-state index in [-0.39, 0.29) is 11.5 Å². The summed E-state index contributed by atoms with van der Waals surface area (Å²) < 4.78 is 14.3. The van der Waals surface area contributed by atoms with Crippen LogP contribution in [-0.2, 0) is 0 Å². The van der Waals surface area contributed by atoms with Crippen LogP contribution < -0.4 is 5.32 Å². The van der Waals surface area contributed by atoms with Crippen LogP contribution in [0, 0.1) is 23.6 Å². The fraction of sp³-hybridized carbons (Fsp3) is 0.533. The van der Waals surface area contributed by atoms with Crippen molar-refractivity contribution >= 4 is 21.8 Å². The molecule has 0 unspecified atom stereocenters. The Labute approximate surface area is 120 Å². The van der Waals surface area contributed by atoms with E-state index in [4.69, 9.17) is 0 Å². The molecule has 0 bridgehead atoms. The van der Waals surface area contributed by atoms with Gasteiger partial charge >= 0.3 is 0 Å². The molecule has 0 saturated heterocycles. The second kappa shape index (κ2) is 5.23. The van der Waals surface area contributed by atoms with Crippen molar-refractivity contribution < 1.29 is 9.18 Å². The SMILES string of the molecule is O=C(NCC(C1CC1)C1CC1)c1ccc(Br)cc1F. The molecule has 4 heteroatoms. The van der Waals surface area contributed by atoms with E-state index in [0.29, 0.717) is 16.9 Å². The topological polar surface area (TPSA) is 29.1 Å². The maximum atomic E-state index is 13.7. The van der Waals surface area contributed by atoms with Crippen molar-refractivity contribution in [3.8, 4) is 0 Å². The largest absolute Gasteiger partial charge is 0.352 e. The Morgan fingerprint density at radius 2 is 1.95 bits per heavy atom. The molecule has 102 valence electrons. The zero-order chi connectivity index (χ0) is 13.4. The minimum Gasteiger partial charge on any atom is -0.352 e. The lowest BCUT2D eigenvalue weighted by molar-refractivity contribution is 0.0939. The third-order valence-electron chi connectivity index (χ3n) is 4.13. The van der Waals surface area contributed by atoms with Crippen molar-refractivity contribution in [2.45, 2.75) is 25.7 Å². The van der Waals surface area contributed by atoms with Crippen molar-refractivity contribution in [1.29, 1.82) is 0 Å². The van der Waals surface area contributed by atoms with Crippen molar-refractivity contribution in [3.05, 3.63) is 34.1 Å². The van der Waals surface area contributed by atoms with Gasteiger partial charge in [-0.05, 0) is 61.6 Å². The number of halogens is 2. The zero-order valence-corrected chi connectivity index (χ0v) is 12.2. The number of amides is 1. The second-order valence-electron chi connectivity index (χ2n) is 5.67. The van der Waals surface area contributed by atoms with Gasteiger partial charge in [-0.2, -0.15) is 0 Å². The molecule has 2 aliphatic rings. The van der Waals surface area contributed by atoms with Crippen LogP contribution in [0.2, 0.25) is 0 Å². The highest BCUT2D eigenvalue weighted by atomic mass is 79.9. The minimum absolute atomic E-state index is 0.133. The van der Waals surface area contributed by atoms with E-state index < -0.39 is 5.82 Å². The van der Waals surface area contributed by atoms with Crippen LogP contribution in [0.3, 0.4) is 0 Å². The summed E-state index contributed by atoms with van der Waals surface area (Å²) in [6.07, 6.45) is 5.18. The molecule has 1 N–H and O–H groups in total. The van der Waals surface area contributed by atoms with Gasteiger partial charge < -0.3 is 5.32 Å². The monoisotopic (exact) mass is 325 g/mol. The van der Waals surface area contributed by atoms with E-state index in [0.717, 1.165) is 11.8 Å². The van der Waals surface area contributed by atoms with Crippen LogP contribution >= 0.6 is 15.9 Å². The summed E-state index contributed by atoms with van der Waals surface area (Å²) in [5.74, 6) is 1.44. The molecule has 0 atom stereocenters. The predicted molar refractivity (Wildman–Crippen MR) is 75.4 cm³/mol. The highest BCUT2D eigenvalue weighted by Crippen LogP contribution is 2.48. The Kier molecular flexibility index (Phi) is 3.61. The molecular formula is C15H17BrFNO. The summed E-state index contributed by atoms with van der Waals surface area (Å²) in [6, 6.07) is 4.55. The highest BCUT2D eigenvalue weighted by Gasteiger charge is 2.41. The van der Waals surface area contributed by atoms with Gasteiger partial charge in [0.25, 0.3) is 5.91 Å². The van der Waals surface area contributed by atoms with Gasteiger partial charge in [0.1, 0.15) is 5.82 Å². The average Bonchev–Trinajstić information content (AvgIpc) is 3.23. The van der Waals surface area contributed by atoms with Crippen LogP contribution in [0.15, 0.2) is 22.7 Å². The number of hydrogen-bond acceptors (Lipinski definition) is 1. The Bertz CT molecular complexity index is 485. The van der Waals surface area contributed by atoms with Gasteiger partial charge in [-0.1, -0.05) is 15.9 Å². The number of rotatable bonds is 5. The van der Waals surface area contributed by atoms with Gasteiger partial charge in [0.15, 0.2) is 0 Å².